The van der Waals surface area contributed by atoms with Crippen molar-refractivity contribution in [2.45, 2.75) is 38.6 Å². The van der Waals surface area contributed by atoms with Crippen LogP contribution >= 0.6 is 27.7 Å². The summed E-state index contributed by atoms with van der Waals surface area (Å²) in [4.78, 5) is 26.9. The van der Waals surface area contributed by atoms with Gasteiger partial charge in [0, 0.05) is 35.5 Å². The fraction of sp³-hybridized carbons (Fsp3) is 0.364. The molecule has 0 saturated carbocycles. The molecule has 1 N–H and O–H groups in total. The zero-order valence-corrected chi connectivity index (χ0v) is 18.8. The normalized spacial score (nSPS) is 11.7. The minimum atomic E-state index is -0.509. The van der Waals surface area contributed by atoms with Gasteiger partial charge < -0.3 is 10.2 Å². The molecule has 0 heterocycles. The van der Waals surface area contributed by atoms with Crippen LogP contribution in [0.4, 0.5) is 0 Å². The number of amides is 2. The van der Waals surface area contributed by atoms with Gasteiger partial charge in [-0.05, 0) is 37.1 Å². The molecule has 2 amide bonds. The lowest BCUT2D eigenvalue weighted by atomic mass is 10.1. The molecule has 0 unspecified atom stereocenters. The summed E-state index contributed by atoms with van der Waals surface area (Å²) in [5, 5.41) is 2.82. The van der Waals surface area contributed by atoms with Crippen molar-refractivity contribution < 1.29 is 9.59 Å². The van der Waals surface area contributed by atoms with Gasteiger partial charge in [0.2, 0.25) is 11.8 Å². The number of hydrogen-bond donors (Lipinski definition) is 1. The molecule has 0 radical (unpaired) electrons. The first kappa shape index (κ1) is 22.5. The summed E-state index contributed by atoms with van der Waals surface area (Å²) < 4.78 is 0.960. The zero-order valence-electron chi connectivity index (χ0n) is 16.4. The van der Waals surface area contributed by atoms with Crippen LogP contribution in [0.2, 0.25) is 0 Å². The van der Waals surface area contributed by atoms with Gasteiger partial charge in [0.15, 0.2) is 0 Å². The van der Waals surface area contributed by atoms with Crippen LogP contribution in [-0.4, -0.2) is 35.1 Å². The summed E-state index contributed by atoms with van der Waals surface area (Å²) in [6, 6.07) is 17.6. The van der Waals surface area contributed by atoms with Gasteiger partial charge in [0.05, 0.1) is 0 Å². The fourth-order valence-corrected chi connectivity index (χ4v) is 4.14. The van der Waals surface area contributed by atoms with E-state index in [-0.39, 0.29) is 11.8 Å². The van der Waals surface area contributed by atoms with E-state index in [1.54, 1.807) is 23.6 Å². The number of thioether (sulfide) groups is 1. The van der Waals surface area contributed by atoms with Crippen LogP contribution in [0.5, 0.6) is 0 Å². The number of carbonyl (C=O) groups excluding carboxylic acids is 2. The van der Waals surface area contributed by atoms with E-state index in [0.29, 0.717) is 19.5 Å². The number of nitrogens with one attached hydrogen (secondary N) is 1. The molecule has 0 spiro atoms. The van der Waals surface area contributed by atoms with Crippen LogP contribution in [0.1, 0.15) is 31.4 Å². The predicted octanol–water partition coefficient (Wildman–Crippen LogP) is 4.63. The Morgan fingerprint density at radius 3 is 2.50 bits per heavy atom. The number of benzene rings is 2. The maximum atomic E-state index is 12.9. The van der Waals surface area contributed by atoms with Crippen LogP contribution in [0, 0.1) is 0 Å². The van der Waals surface area contributed by atoms with E-state index in [1.807, 2.05) is 49.4 Å². The third kappa shape index (κ3) is 7.32. The maximum Gasteiger partial charge on any atom is 0.242 e. The van der Waals surface area contributed by atoms with Gasteiger partial charge in [-0.25, -0.2) is 0 Å². The van der Waals surface area contributed by atoms with Crippen LogP contribution in [0.3, 0.4) is 0 Å². The number of hydrogen-bond acceptors (Lipinski definition) is 3. The molecule has 0 aliphatic rings. The van der Waals surface area contributed by atoms with Gasteiger partial charge in [-0.2, -0.15) is 11.8 Å². The molecule has 2 aromatic carbocycles. The minimum absolute atomic E-state index is 0.000657. The molecule has 0 aliphatic carbocycles. The van der Waals surface area contributed by atoms with Crippen molar-refractivity contribution in [1.29, 1.82) is 0 Å². The van der Waals surface area contributed by atoms with Crippen molar-refractivity contribution in [3.63, 3.8) is 0 Å². The topological polar surface area (TPSA) is 49.4 Å². The van der Waals surface area contributed by atoms with Gasteiger partial charge >= 0.3 is 0 Å². The van der Waals surface area contributed by atoms with E-state index in [9.17, 15) is 9.59 Å². The van der Waals surface area contributed by atoms with E-state index in [0.717, 1.165) is 21.5 Å². The monoisotopic (exact) mass is 462 g/mol. The Morgan fingerprint density at radius 1 is 1.11 bits per heavy atom. The van der Waals surface area contributed by atoms with Crippen molar-refractivity contribution in [1.82, 2.24) is 10.2 Å². The van der Waals surface area contributed by atoms with E-state index < -0.39 is 6.04 Å². The highest BCUT2D eigenvalue weighted by molar-refractivity contribution is 9.10. The molecule has 0 aliphatic heterocycles. The minimum Gasteiger partial charge on any atom is -0.355 e. The first-order chi connectivity index (χ1) is 13.5. The molecule has 2 aromatic rings. The summed E-state index contributed by atoms with van der Waals surface area (Å²) in [6.07, 6.45) is 0.412. The fourth-order valence-electron chi connectivity index (χ4n) is 2.80. The molecule has 0 saturated heterocycles. The lowest BCUT2D eigenvalue weighted by Crippen LogP contribution is -2.47. The summed E-state index contributed by atoms with van der Waals surface area (Å²) in [5.41, 5.74) is 2.25. The second kappa shape index (κ2) is 11.9. The van der Waals surface area contributed by atoms with Crippen molar-refractivity contribution in [3.05, 3.63) is 70.2 Å². The highest BCUT2D eigenvalue weighted by Gasteiger charge is 2.25. The molecule has 4 nitrogen and oxygen atoms in total. The Balaban J connectivity index is 1.98. The van der Waals surface area contributed by atoms with Crippen LogP contribution in [0.15, 0.2) is 59.1 Å². The van der Waals surface area contributed by atoms with Crippen molar-refractivity contribution in [2.24, 2.45) is 0 Å². The van der Waals surface area contributed by atoms with Crippen molar-refractivity contribution in [3.8, 4) is 0 Å². The third-order valence-corrected chi connectivity index (χ3v) is 5.86. The summed E-state index contributed by atoms with van der Waals surface area (Å²) in [7, 11) is 0. The first-order valence-electron chi connectivity index (χ1n) is 9.44. The molecule has 0 aromatic heterocycles. The molecule has 1 atom stereocenters. The number of halogens is 1. The Bertz CT molecular complexity index is 770. The van der Waals surface area contributed by atoms with Gasteiger partial charge in [0.25, 0.3) is 0 Å². The Kier molecular flexibility index (Phi) is 9.58. The van der Waals surface area contributed by atoms with Crippen molar-refractivity contribution >= 4 is 39.5 Å². The SMILES string of the molecule is CCNC(=O)[C@@H](C)N(Cc1cccc(Br)c1)C(=O)CCSCc1ccccc1. The summed E-state index contributed by atoms with van der Waals surface area (Å²) in [6.45, 7) is 4.64. The number of carbonyl (C=O) groups is 2. The standard InChI is InChI=1S/C22H27BrN2O2S/c1-3-24-22(27)17(2)25(15-19-10-7-11-20(23)14-19)21(26)12-13-28-16-18-8-5-4-6-9-18/h4-11,14,17H,3,12-13,15-16H2,1-2H3,(H,24,27)/t17-/m1/s1. The molecular weight excluding hydrogens is 436 g/mol. The summed E-state index contributed by atoms with van der Waals surface area (Å²) >= 11 is 5.20. The summed E-state index contributed by atoms with van der Waals surface area (Å²) in [5.74, 6) is 1.48. The second-order valence-corrected chi connectivity index (χ2v) is 8.53. The Hall–Kier alpha value is -1.79. The Morgan fingerprint density at radius 2 is 1.82 bits per heavy atom. The molecule has 6 heteroatoms. The van der Waals surface area contributed by atoms with E-state index in [1.165, 1.54) is 5.56 Å². The van der Waals surface area contributed by atoms with Gasteiger partial charge in [0.1, 0.15) is 6.04 Å². The largest absolute Gasteiger partial charge is 0.355 e. The molecule has 150 valence electrons. The van der Waals surface area contributed by atoms with E-state index in [4.69, 9.17) is 0 Å². The van der Waals surface area contributed by atoms with Crippen molar-refractivity contribution in [2.75, 3.05) is 12.3 Å². The quantitative estimate of drug-likeness (QED) is 0.523. The zero-order chi connectivity index (χ0) is 20.4. The average molecular weight is 463 g/mol. The number of likely N-dealkylation sites (N-methyl/N-ethyl adjacent to an activating group) is 1. The first-order valence-corrected chi connectivity index (χ1v) is 11.4. The molecule has 28 heavy (non-hydrogen) atoms. The molecular formula is C22H27BrN2O2S. The third-order valence-electron chi connectivity index (χ3n) is 4.33. The van der Waals surface area contributed by atoms with E-state index in [2.05, 4.69) is 33.4 Å². The lowest BCUT2D eigenvalue weighted by Gasteiger charge is -2.28. The van der Waals surface area contributed by atoms with Crippen LogP contribution < -0.4 is 5.32 Å². The smallest absolute Gasteiger partial charge is 0.242 e. The highest BCUT2D eigenvalue weighted by atomic mass is 79.9. The van der Waals surface area contributed by atoms with Crippen LogP contribution in [0.25, 0.3) is 0 Å². The lowest BCUT2D eigenvalue weighted by molar-refractivity contribution is -0.140. The predicted molar refractivity (Wildman–Crippen MR) is 120 cm³/mol. The molecule has 2 rings (SSSR count). The second-order valence-electron chi connectivity index (χ2n) is 6.51. The van der Waals surface area contributed by atoms with E-state index >= 15 is 0 Å². The van der Waals surface area contributed by atoms with Crippen LogP contribution in [-0.2, 0) is 21.9 Å². The maximum absolute atomic E-state index is 12.9. The van der Waals surface area contributed by atoms with Gasteiger partial charge in [-0.15, -0.1) is 0 Å². The number of nitrogens with zero attached hydrogens (tertiary/aromatic N) is 1. The van der Waals surface area contributed by atoms with Gasteiger partial charge in [-0.1, -0.05) is 58.4 Å². The molecule has 0 fully saturated rings. The highest BCUT2D eigenvalue weighted by Crippen LogP contribution is 2.18. The Labute approximate surface area is 180 Å². The average Bonchev–Trinajstić information content (AvgIpc) is 2.70. The van der Waals surface area contributed by atoms with Gasteiger partial charge in [-0.3, -0.25) is 9.59 Å². The number of rotatable bonds is 10. The molecule has 0 bridgehead atoms.